The number of rotatable bonds is 7. The minimum absolute atomic E-state index is 0.293. The summed E-state index contributed by atoms with van der Waals surface area (Å²) >= 11 is 0. The largest absolute Gasteiger partial charge is 0.383 e. The van der Waals surface area contributed by atoms with Gasteiger partial charge in [0, 0.05) is 24.1 Å². The normalized spacial score (nSPS) is 11.4. The van der Waals surface area contributed by atoms with Crippen molar-refractivity contribution in [1.29, 1.82) is 0 Å². The van der Waals surface area contributed by atoms with E-state index in [4.69, 9.17) is 10.7 Å². The Labute approximate surface area is 123 Å². The number of aromatic nitrogens is 2. The second-order valence-corrected chi connectivity index (χ2v) is 6.06. The lowest BCUT2D eigenvalue weighted by molar-refractivity contribution is 0.614. The van der Waals surface area contributed by atoms with Gasteiger partial charge in [0.2, 0.25) is 0 Å². The molecule has 4 heteroatoms. The van der Waals surface area contributed by atoms with Crippen molar-refractivity contribution in [2.45, 2.75) is 72.8 Å². The summed E-state index contributed by atoms with van der Waals surface area (Å²) < 4.78 is 0. The summed E-state index contributed by atoms with van der Waals surface area (Å²) in [6, 6.07) is 0.417. The van der Waals surface area contributed by atoms with Crippen LogP contribution in [0.5, 0.6) is 0 Å². The van der Waals surface area contributed by atoms with Crippen molar-refractivity contribution in [3.05, 3.63) is 11.4 Å². The summed E-state index contributed by atoms with van der Waals surface area (Å²) in [6.45, 7) is 13.9. The molecular weight excluding hydrogens is 248 g/mol. The van der Waals surface area contributed by atoms with Crippen LogP contribution in [0.1, 0.15) is 71.2 Å². The Morgan fingerprint density at radius 1 is 1.10 bits per heavy atom. The Hall–Kier alpha value is -1.32. The van der Waals surface area contributed by atoms with Crippen LogP contribution in [0.4, 0.5) is 11.6 Å². The summed E-state index contributed by atoms with van der Waals surface area (Å²) in [6.07, 6.45) is 3.67. The van der Waals surface area contributed by atoms with Crippen LogP contribution in [0, 0.1) is 6.92 Å². The standard InChI is InChI=1S/C16H30N4/c1-7-8-9-10-20(12(4)5)16-13(6)14(17)18-15(19-16)11(2)3/h11-12H,7-10H2,1-6H3,(H2,17,18,19). The molecule has 0 radical (unpaired) electrons. The minimum atomic E-state index is 0.293. The average Bonchev–Trinajstić information content (AvgIpc) is 2.38. The van der Waals surface area contributed by atoms with Gasteiger partial charge in [-0.15, -0.1) is 0 Å². The van der Waals surface area contributed by atoms with Gasteiger partial charge in [0.25, 0.3) is 0 Å². The lowest BCUT2D eigenvalue weighted by Gasteiger charge is -2.30. The molecule has 0 aromatic carbocycles. The molecule has 0 saturated carbocycles. The van der Waals surface area contributed by atoms with Gasteiger partial charge in [0.1, 0.15) is 17.5 Å². The zero-order valence-electron chi connectivity index (χ0n) is 13.9. The molecule has 1 rings (SSSR count). The quantitative estimate of drug-likeness (QED) is 0.769. The van der Waals surface area contributed by atoms with Crippen molar-refractivity contribution >= 4 is 11.6 Å². The molecule has 1 aromatic rings. The first-order valence-corrected chi connectivity index (χ1v) is 7.79. The fourth-order valence-electron chi connectivity index (χ4n) is 2.22. The predicted octanol–water partition coefficient (Wildman–Crippen LogP) is 3.90. The van der Waals surface area contributed by atoms with Crippen LogP contribution >= 0.6 is 0 Å². The highest BCUT2D eigenvalue weighted by atomic mass is 15.2. The monoisotopic (exact) mass is 278 g/mol. The van der Waals surface area contributed by atoms with E-state index in [0.717, 1.165) is 23.8 Å². The summed E-state index contributed by atoms with van der Waals surface area (Å²) in [7, 11) is 0. The molecule has 0 unspecified atom stereocenters. The van der Waals surface area contributed by atoms with Gasteiger partial charge in [-0.3, -0.25) is 0 Å². The molecule has 20 heavy (non-hydrogen) atoms. The molecule has 0 aliphatic heterocycles. The zero-order valence-corrected chi connectivity index (χ0v) is 13.9. The molecule has 0 atom stereocenters. The van der Waals surface area contributed by atoms with Crippen LogP contribution in [0.15, 0.2) is 0 Å². The molecule has 0 bridgehead atoms. The molecule has 114 valence electrons. The van der Waals surface area contributed by atoms with Gasteiger partial charge in [-0.2, -0.15) is 0 Å². The van der Waals surface area contributed by atoms with Gasteiger partial charge in [-0.1, -0.05) is 33.6 Å². The molecule has 1 heterocycles. The second-order valence-electron chi connectivity index (χ2n) is 6.06. The Morgan fingerprint density at radius 2 is 1.75 bits per heavy atom. The average molecular weight is 278 g/mol. The van der Waals surface area contributed by atoms with Gasteiger partial charge in [-0.05, 0) is 27.2 Å². The fourth-order valence-corrected chi connectivity index (χ4v) is 2.22. The second kappa shape index (κ2) is 7.46. The predicted molar refractivity (Wildman–Crippen MR) is 87.3 cm³/mol. The maximum absolute atomic E-state index is 6.07. The van der Waals surface area contributed by atoms with Gasteiger partial charge < -0.3 is 10.6 Å². The summed E-state index contributed by atoms with van der Waals surface area (Å²) in [5.41, 5.74) is 7.07. The lowest BCUT2D eigenvalue weighted by atomic mass is 10.1. The van der Waals surface area contributed by atoms with E-state index in [-0.39, 0.29) is 0 Å². The lowest BCUT2D eigenvalue weighted by Crippen LogP contribution is -2.34. The van der Waals surface area contributed by atoms with Crippen molar-refractivity contribution in [1.82, 2.24) is 9.97 Å². The van der Waals surface area contributed by atoms with Crippen LogP contribution in [0.3, 0.4) is 0 Å². The van der Waals surface area contributed by atoms with E-state index in [9.17, 15) is 0 Å². The van der Waals surface area contributed by atoms with Gasteiger partial charge in [-0.25, -0.2) is 9.97 Å². The van der Waals surface area contributed by atoms with Crippen molar-refractivity contribution in [2.75, 3.05) is 17.2 Å². The van der Waals surface area contributed by atoms with E-state index >= 15 is 0 Å². The molecule has 0 aliphatic carbocycles. The van der Waals surface area contributed by atoms with Crippen LogP contribution < -0.4 is 10.6 Å². The van der Waals surface area contributed by atoms with Gasteiger partial charge in [0.15, 0.2) is 0 Å². The van der Waals surface area contributed by atoms with Crippen LogP contribution in [-0.4, -0.2) is 22.6 Å². The molecule has 0 aliphatic rings. The van der Waals surface area contributed by atoms with Crippen molar-refractivity contribution in [3.8, 4) is 0 Å². The van der Waals surface area contributed by atoms with E-state index in [1.807, 2.05) is 6.92 Å². The molecular formula is C16H30N4. The Morgan fingerprint density at radius 3 is 2.25 bits per heavy atom. The Balaban J connectivity index is 3.11. The highest BCUT2D eigenvalue weighted by Gasteiger charge is 2.18. The first-order chi connectivity index (χ1) is 9.38. The smallest absolute Gasteiger partial charge is 0.137 e. The first kappa shape index (κ1) is 16.7. The third-order valence-corrected chi connectivity index (χ3v) is 3.59. The molecule has 0 saturated heterocycles. The van der Waals surface area contributed by atoms with Crippen molar-refractivity contribution in [2.24, 2.45) is 0 Å². The van der Waals surface area contributed by atoms with Crippen LogP contribution in [0.25, 0.3) is 0 Å². The van der Waals surface area contributed by atoms with E-state index in [0.29, 0.717) is 17.8 Å². The SMILES string of the molecule is CCCCCN(c1nc(C(C)C)nc(N)c1C)C(C)C. The number of hydrogen-bond acceptors (Lipinski definition) is 4. The number of anilines is 2. The van der Waals surface area contributed by atoms with Crippen LogP contribution in [0.2, 0.25) is 0 Å². The van der Waals surface area contributed by atoms with E-state index < -0.39 is 0 Å². The highest BCUT2D eigenvalue weighted by molar-refractivity contribution is 5.57. The zero-order chi connectivity index (χ0) is 15.3. The third-order valence-electron chi connectivity index (χ3n) is 3.59. The molecule has 1 aromatic heterocycles. The summed E-state index contributed by atoms with van der Waals surface area (Å²) in [4.78, 5) is 11.5. The van der Waals surface area contributed by atoms with E-state index in [2.05, 4.69) is 44.5 Å². The van der Waals surface area contributed by atoms with Crippen molar-refractivity contribution < 1.29 is 0 Å². The Kier molecular flexibility index (Phi) is 6.24. The number of nitrogens with two attached hydrogens (primary N) is 1. The number of unbranched alkanes of at least 4 members (excludes halogenated alkanes) is 2. The molecule has 4 nitrogen and oxygen atoms in total. The number of nitrogen functional groups attached to an aromatic ring is 1. The number of nitrogens with zero attached hydrogens (tertiary/aromatic N) is 3. The topological polar surface area (TPSA) is 55.0 Å². The van der Waals surface area contributed by atoms with Crippen molar-refractivity contribution in [3.63, 3.8) is 0 Å². The number of hydrogen-bond donors (Lipinski definition) is 1. The Bertz CT molecular complexity index is 427. The van der Waals surface area contributed by atoms with Gasteiger partial charge >= 0.3 is 0 Å². The van der Waals surface area contributed by atoms with Gasteiger partial charge in [0.05, 0.1) is 0 Å². The first-order valence-electron chi connectivity index (χ1n) is 7.79. The fraction of sp³-hybridized carbons (Fsp3) is 0.750. The maximum Gasteiger partial charge on any atom is 0.137 e. The van der Waals surface area contributed by atoms with Crippen LogP contribution in [-0.2, 0) is 0 Å². The summed E-state index contributed by atoms with van der Waals surface area (Å²) in [5, 5.41) is 0. The molecule has 0 fully saturated rings. The molecule has 0 amide bonds. The maximum atomic E-state index is 6.07. The minimum Gasteiger partial charge on any atom is -0.383 e. The molecule has 0 spiro atoms. The molecule has 2 N–H and O–H groups in total. The highest BCUT2D eigenvalue weighted by Crippen LogP contribution is 2.26. The third kappa shape index (κ3) is 4.09. The summed E-state index contributed by atoms with van der Waals surface area (Å²) in [5.74, 6) is 2.75. The van der Waals surface area contributed by atoms with E-state index in [1.165, 1.54) is 19.3 Å². The van der Waals surface area contributed by atoms with E-state index in [1.54, 1.807) is 0 Å².